The Morgan fingerprint density at radius 1 is 0.500 bits per heavy atom. The molecule has 4 aromatic rings. The molecule has 0 aromatic heterocycles. The minimum Gasteiger partial charge on any atom is -0.508 e. The van der Waals surface area contributed by atoms with Crippen LogP contribution in [0.25, 0.3) is 22.3 Å². The van der Waals surface area contributed by atoms with E-state index in [4.69, 9.17) is 0 Å². The Hall–Kier alpha value is -4.12. The second kappa shape index (κ2) is 7.72. The molecule has 0 amide bonds. The standard InChI is InChI=1S/C25H21NO4/c1-26(18-6-2-16(3-7-18)22-12-10-20(27)14-24(22)29)19-8-4-17(5-9-19)23-13-11-21(28)15-25(23)30/h2-15,27-30H,1H3. The van der Waals surface area contributed by atoms with Crippen molar-refractivity contribution in [2.75, 3.05) is 11.9 Å². The maximum Gasteiger partial charge on any atom is 0.127 e. The lowest BCUT2D eigenvalue weighted by molar-refractivity contribution is 0.451. The molecular formula is C25H21NO4. The van der Waals surface area contributed by atoms with Gasteiger partial charge in [-0.2, -0.15) is 0 Å². The largest absolute Gasteiger partial charge is 0.508 e. The Labute approximate surface area is 174 Å². The summed E-state index contributed by atoms with van der Waals surface area (Å²) in [5, 5.41) is 39.0. The Bertz CT molecular complexity index is 1090. The number of phenolic OH excluding ortho intramolecular Hbond substituents is 4. The molecule has 0 radical (unpaired) electrons. The number of nitrogens with zero attached hydrogens (tertiary/aromatic N) is 1. The highest BCUT2D eigenvalue weighted by molar-refractivity contribution is 5.76. The van der Waals surface area contributed by atoms with E-state index in [2.05, 4.69) is 0 Å². The third-order valence-electron chi connectivity index (χ3n) is 5.09. The molecule has 150 valence electrons. The normalized spacial score (nSPS) is 10.7. The molecule has 4 aromatic carbocycles. The highest BCUT2D eigenvalue weighted by Crippen LogP contribution is 2.35. The summed E-state index contributed by atoms with van der Waals surface area (Å²) < 4.78 is 0. The van der Waals surface area contributed by atoms with Crippen LogP contribution in [0, 0.1) is 0 Å². The highest BCUT2D eigenvalue weighted by atomic mass is 16.3. The summed E-state index contributed by atoms with van der Waals surface area (Å²) >= 11 is 0. The molecule has 0 saturated heterocycles. The van der Waals surface area contributed by atoms with E-state index in [1.807, 2.05) is 60.5 Å². The van der Waals surface area contributed by atoms with Gasteiger partial charge in [-0.05, 0) is 59.7 Å². The predicted octanol–water partition coefficient (Wildman–Crippen LogP) is 5.61. The van der Waals surface area contributed by atoms with E-state index in [9.17, 15) is 20.4 Å². The number of aromatic hydroxyl groups is 4. The van der Waals surface area contributed by atoms with E-state index in [-0.39, 0.29) is 23.0 Å². The summed E-state index contributed by atoms with van der Waals surface area (Å²) in [6, 6.07) is 24.6. The number of phenols is 4. The van der Waals surface area contributed by atoms with Crippen molar-refractivity contribution in [2.24, 2.45) is 0 Å². The summed E-state index contributed by atoms with van der Waals surface area (Å²) in [6.07, 6.45) is 0. The molecule has 0 saturated carbocycles. The maximum absolute atomic E-state index is 10.1. The van der Waals surface area contributed by atoms with E-state index in [0.717, 1.165) is 22.5 Å². The van der Waals surface area contributed by atoms with Gasteiger partial charge in [0.05, 0.1) is 0 Å². The van der Waals surface area contributed by atoms with Gasteiger partial charge in [0.2, 0.25) is 0 Å². The quantitative estimate of drug-likeness (QED) is 0.358. The Morgan fingerprint density at radius 3 is 1.20 bits per heavy atom. The molecule has 0 atom stereocenters. The molecule has 0 bridgehead atoms. The first-order valence-corrected chi connectivity index (χ1v) is 9.41. The van der Waals surface area contributed by atoms with Crippen molar-refractivity contribution in [3.8, 4) is 45.3 Å². The van der Waals surface area contributed by atoms with Crippen LogP contribution in [-0.2, 0) is 0 Å². The third kappa shape index (κ3) is 3.73. The highest BCUT2D eigenvalue weighted by Gasteiger charge is 2.09. The first kappa shape index (κ1) is 19.2. The molecule has 0 aliphatic rings. The van der Waals surface area contributed by atoms with Crippen molar-refractivity contribution in [1.29, 1.82) is 0 Å². The van der Waals surface area contributed by atoms with Gasteiger partial charge in [-0.3, -0.25) is 0 Å². The maximum atomic E-state index is 10.1. The zero-order chi connectivity index (χ0) is 21.3. The number of hydrogen-bond acceptors (Lipinski definition) is 5. The van der Waals surface area contributed by atoms with E-state index in [1.165, 1.54) is 12.1 Å². The lowest BCUT2D eigenvalue weighted by Gasteiger charge is -2.20. The summed E-state index contributed by atoms with van der Waals surface area (Å²) in [5.74, 6) is 0.113. The molecule has 4 N–H and O–H groups in total. The molecule has 5 heteroatoms. The van der Waals surface area contributed by atoms with Gasteiger partial charge in [0, 0.05) is 41.7 Å². The average molecular weight is 399 g/mol. The average Bonchev–Trinajstić information content (AvgIpc) is 2.74. The molecular weight excluding hydrogens is 378 g/mol. The van der Waals surface area contributed by atoms with Crippen LogP contribution < -0.4 is 4.90 Å². The third-order valence-corrected chi connectivity index (χ3v) is 5.09. The van der Waals surface area contributed by atoms with Crippen LogP contribution in [0.2, 0.25) is 0 Å². The van der Waals surface area contributed by atoms with E-state index < -0.39 is 0 Å². The van der Waals surface area contributed by atoms with Crippen LogP contribution in [0.1, 0.15) is 0 Å². The van der Waals surface area contributed by atoms with E-state index in [1.54, 1.807) is 24.3 Å². The second-order valence-corrected chi connectivity index (χ2v) is 7.06. The van der Waals surface area contributed by atoms with E-state index >= 15 is 0 Å². The molecule has 0 aliphatic heterocycles. The fraction of sp³-hybridized carbons (Fsp3) is 0.0400. The minimum absolute atomic E-state index is 0.0247. The molecule has 5 nitrogen and oxygen atoms in total. The number of benzene rings is 4. The van der Waals surface area contributed by atoms with Crippen molar-refractivity contribution < 1.29 is 20.4 Å². The zero-order valence-corrected chi connectivity index (χ0v) is 16.3. The van der Waals surface area contributed by atoms with Gasteiger partial charge in [0.1, 0.15) is 23.0 Å². The van der Waals surface area contributed by atoms with Crippen LogP contribution in [0.4, 0.5) is 11.4 Å². The van der Waals surface area contributed by atoms with Crippen LogP contribution >= 0.6 is 0 Å². The Balaban J connectivity index is 1.56. The summed E-state index contributed by atoms with van der Waals surface area (Å²) in [7, 11) is 1.96. The smallest absolute Gasteiger partial charge is 0.127 e. The monoisotopic (exact) mass is 399 g/mol. The Kier molecular flexibility index (Phi) is 4.94. The van der Waals surface area contributed by atoms with Gasteiger partial charge in [0.25, 0.3) is 0 Å². The molecule has 0 heterocycles. The SMILES string of the molecule is CN(c1ccc(-c2ccc(O)cc2O)cc1)c1ccc(-c2ccc(O)cc2O)cc1. The second-order valence-electron chi connectivity index (χ2n) is 7.06. The zero-order valence-electron chi connectivity index (χ0n) is 16.3. The van der Waals surface area contributed by atoms with E-state index in [0.29, 0.717) is 11.1 Å². The van der Waals surface area contributed by atoms with Crippen LogP contribution in [0.15, 0.2) is 84.9 Å². The van der Waals surface area contributed by atoms with Gasteiger partial charge in [0.15, 0.2) is 0 Å². The number of anilines is 2. The lowest BCUT2D eigenvalue weighted by atomic mass is 10.0. The van der Waals surface area contributed by atoms with Crippen LogP contribution in [0.3, 0.4) is 0 Å². The van der Waals surface area contributed by atoms with Crippen molar-refractivity contribution in [1.82, 2.24) is 0 Å². The molecule has 0 aliphatic carbocycles. The van der Waals surface area contributed by atoms with Crippen LogP contribution in [0.5, 0.6) is 23.0 Å². The summed E-state index contributed by atoms with van der Waals surface area (Å²) in [4.78, 5) is 2.03. The fourth-order valence-electron chi connectivity index (χ4n) is 3.41. The molecule has 0 spiro atoms. The first-order valence-electron chi connectivity index (χ1n) is 9.41. The topological polar surface area (TPSA) is 84.2 Å². The van der Waals surface area contributed by atoms with Crippen molar-refractivity contribution >= 4 is 11.4 Å². The molecule has 0 fully saturated rings. The number of rotatable bonds is 4. The van der Waals surface area contributed by atoms with Gasteiger partial charge in [-0.25, -0.2) is 0 Å². The molecule has 0 unspecified atom stereocenters. The Morgan fingerprint density at radius 2 is 0.867 bits per heavy atom. The number of hydrogen-bond donors (Lipinski definition) is 4. The first-order chi connectivity index (χ1) is 14.4. The summed E-state index contributed by atoms with van der Waals surface area (Å²) in [5.41, 5.74) is 4.94. The van der Waals surface area contributed by atoms with Crippen molar-refractivity contribution in [3.05, 3.63) is 84.9 Å². The minimum atomic E-state index is 0.0247. The van der Waals surface area contributed by atoms with Crippen molar-refractivity contribution in [3.63, 3.8) is 0 Å². The van der Waals surface area contributed by atoms with Gasteiger partial charge >= 0.3 is 0 Å². The van der Waals surface area contributed by atoms with Gasteiger partial charge in [-0.1, -0.05) is 24.3 Å². The summed E-state index contributed by atoms with van der Waals surface area (Å²) in [6.45, 7) is 0. The molecule has 4 rings (SSSR count). The van der Waals surface area contributed by atoms with Gasteiger partial charge < -0.3 is 25.3 Å². The predicted molar refractivity (Wildman–Crippen MR) is 118 cm³/mol. The molecule has 30 heavy (non-hydrogen) atoms. The van der Waals surface area contributed by atoms with Gasteiger partial charge in [-0.15, -0.1) is 0 Å². The van der Waals surface area contributed by atoms with Crippen LogP contribution in [-0.4, -0.2) is 27.5 Å². The van der Waals surface area contributed by atoms with Crippen molar-refractivity contribution in [2.45, 2.75) is 0 Å². The lowest BCUT2D eigenvalue weighted by Crippen LogP contribution is -2.08. The fourth-order valence-corrected chi connectivity index (χ4v) is 3.41.